The number of hydrogen-bond acceptors (Lipinski definition) is 2. The molecule has 0 amide bonds. The van der Waals surface area contributed by atoms with E-state index in [-0.39, 0.29) is 12.7 Å². The minimum Gasteiger partial charge on any atom is -0.394 e. The summed E-state index contributed by atoms with van der Waals surface area (Å²) >= 11 is 0. The zero-order valence-electron chi connectivity index (χ0n) is 6.88. The number of ether oxygens (including phenoxy) is 1. The van der Waals surface area contributed by atoms with Gasteiger partial charge in [-0.25, -0.2) is 0 Å². The third-order valence-electron chi connectivity index (χ3n) is 3.15. The van der Waals surface area contributed by atoms with Gasteiger partial charge < -0.3 is 9.84 Å². The van der Waals surface area contributed by atoms with Gasteiger partial charge in [0.05, 0.1) is 19.3 Å². The maximum Gasteiger partial charge on any atom is 0.0812 e. The summed E-state index contributed by atoms with van der Waals surface area (Å²) in [6, 6.07) is 0. The molecule has 1 N–H and O–H groups in total. The molecule has 1 aliphatic carbocycles. The maximum absolute atomic E-state index is 8.88. The van der Waals surface area contributed by atoms with Crippen LogP contribution in [0.4, 0.5) is 0 Å². The van der Waals surface area contributed by atoms with Crippen LogP contribution in [0.25, 0.3) is 0 Å². The molecule has 2 fully saturated rings. The van der Waals surface area contributed by atoms with E-state index in [9.17, 15) is 0 Å². The molecule has 0 aromatic carbocycles. The summed E-state index contributed by atoms with van der Waals surface area (Å²) in [6.07, 6.45) is 6.62. The lowest BCUT2D eigenvalue weighted by atomic mass is 9.84. The van der Waals surface area contributed by atoms with Gasteiger partial charge in [0.2, 0.25) is 0 Å². The predicted molar refractivity (Wildman–Crippen MR) is 42.3 cm³/mol. The van der Waals surface area contributed by atoms with Gasteiger partial charge >= 0.3 is 0 Å². The van der Waals surface area contributed by atoms with E-state index >= 15 is 0 Å². The molecule has 1 aliphatic heterocycles. The van der Waals surface area contributed by atoms with E-state index < -0.39 is 0 Å². The lowest BCUT2D eigenvalue weighted by molar-refractivity contribution is 0.0530. The Kier molecular flexibility index (Phi) is 1.90. The first-order valence-electron chi connectivity index (χ1n) is 4.57. The molecule has 1 saturated carbocycles. The van der Waals surface area contributed by atoms with E-state index in [4.69, 9.17) is 9.84 Å². The molecule has 11 heavy (non-hydrogen) atoms. The minimum atomic E-state index is 0.146. The molecule has 1 spiro atoms. The first-order chi connectivity index (χ1) is 5.35. The molecular weight excluding hydrogens is 140 g/mol. The van der Waals surface area contributed by atoms with E-state index in [0.29, 0.717) is 5.41 Å². The van der Waals surface area contributed by atoms with Crippen LogP contribution >= 0.6 is 0 Å². The minimum absolute atomic E-state index is 0.146. The third-order valence-corrected chi connectivity index (χ3v) is 3.15. The van der Waals surface area contributed by atoms with Gasteiger partial charge in [-0.2, -0.15) is 0 Å². The van der Waals surface area contributed by atoms with Gasteiger partial charge in [0.15, 0.2) is 0 Å². The van der Waals surface area contributed by atoms with Crippen LogP contribution in [-0.2, 0) is 4.74 Å². The number of aliphatic hydroxyl groups is 1. The molecular formula is C9H16O2. The fourth-order valence-electron chi connectivity index (χ4n) is 2.49. The monoisotopic (exact) mass is 156 g/mol. The van der Waals surface area contributed by atoms with E-state index in [1.165, 1.54) is 25.7 Å². The van der Waals surface area contributed by atoms with Crippen molar-refractivity contribution in [2.75, 3.05) is 13.2 Å². The van der Waals surface area contributed by atoms with Crippen molar-refractivity contribution in [2.24, 2.45) is 5.41 Å². The summed E-state index contributed by atoms with van der Waals surface area (Å²) in [5.41, 5.74) is 0.480. The van der Waals surface area contributed by atoms with E-state index in [0.717, 1.165) is 13.0 Å². The average molecular weight is 156 g/mol. The second-order valence-electron chi connectivity index (χ2n) is 4.03. The zero-order chi connectivity index (χ0) is 7.73. The molecule has 1 heterocycles. The normalized spacial score (nSPS) is 35.2. The highest BCUT2D eigenvalue weighted by atomic mass is 16.5. The first kappa shape index (κ1) is 7.56. The SMILES string of the molecule is OC[C@H]1CC2(CCCC2)CO1. The molecule has 0 unspecified atom stereocenters. The van der Waals surface area contributed by atoms with Gasteiger partial charge in [0.1, 0.15) is 0 Å². The van der Waals surface area contributed by atoms with Gasteiger partial charge in [0, 0.05) is 0 Å². The van der Waals surface area contributed by atoms with Crippen LogP contribution < -0.4 is 0 Å². The molecule has 0 aromatic rings. The first-order valence-corrected chi connectivity index (χ1v) is 4.57. The van der Waals surface area contributed by atoms with Gasteiger partial charge in [0.25, 0.3) is 0 Å². The molecule has 0 aromatic heterocycles. The molecule has 2 heteroatoms. The maximum atomic E-state index is 8.88. The number of hydrogen-bond donors (Lipinski definition) is 1. The zero-order valence-corrected chi connectivity index (χ0v) is 6.88. The van der Waals surface area contributed by atoms with Crippen molar-refractivity contribution in [1.29, 1.82) is 0 Å². The second-order valence-corrected chi connectivity index (χ2v) is 4.03. The molecule has 0 bridgehead atoms. The molecule has 2 rings (SSSR count). The van der Waals surface area contributed by atoms with Crippen molar-refractivity contribution < 1.29 is 9.84 Å². The molecule has 0 radical (unpaired) electrons. The predicted octanol–water partition coefficient (Wildman–Crippen LogP) is 1.33. The van der Waals surface area contributed by atoms with Crippen LogP contribution in [0.1, 0.15) is 32.1 Å². The Morgan fingerprint density at radius 1 is 1.36 bits per heavy atom. The van der Waals surface area contributed by atoms with Crippen molar-refractivity contribution in [3.63, 3.8) is 0 Å². The van der Waals surface area contributed by atoms with Crippen molar-refractivity contribution in [3.8, 4) is 0 Å². The highest BCUT2D eigenvalue weighted by Crippen LogP contribution is 2.46. The molecule has 1 saturated heterocycles. The standard InChI is InChI=1S/C9H16O2/c10-6-8-5-9(7-11-8)3-1-2-4-9/h8,10H,1-7H2/t8-/m1/s1. The van der Waals surface area contributed by atoms with Crippen LogP contribution in [0.3, 0.4) is 0 Å². The molecule has 2 nitrogen and oxygen atoms in total. The van der Waals surface area contributed by atoms with Crippen molar-refractivity contribution in [1.82, 2.24) is 0 Å². The van der Waals surface area contributed by atoms with Crippen molar-refractivity contribution >= 4 is 0 Å². The van der Waals surface area contributed by atoms with Crippen LogP contribution in [0.5, 0.6) is 0 Å². The number of aliphatic hydroxyl groups excluding tert-OH is 1. The van der Waals surface area contributed by atoms with Crippen LogP contribution in [-0.4, -0.2) is 24.4 Å². The van der Waals surface area contributed by atoms with Gasteiger partial charge in [-0.3, -0.25) is 0 Å². The Labute approximate surface area is 67.6 Å². The van der Waals surface area contributed by atoms with Crippen LogP contribution in [0.2, 0.25) is 0 Å². The Morgan fingerprint density at radius 3 is 2.64 bits per heavy atom. The second kappa shape index (κ2) is 2.76. The lowest BCUT2D eigenvalue weighted by Gasteiger charge is -2.19. The van der Waals surface area contributed by atoms with Crippen LogP contribution in [0, 0.1) is 5.41 Å². The van der Waals surface area contributed by atoms with Crippen LogP contribution in [0.15, 0.2) is 0 Å². The quantitative estimate of drug-likeness (QED) is 0.620. The Bertz CT molecular complexity index is 138. The van der Waals surface area contributed by atoms with Crippen molar-refractivity contribution in [2.45, 2.75) is 38.2 Å². The summed E-state index contributed by atoms with van der Waals surface area (Å²) in [7, 11) is 0. The van der Waals surface area contributed by atoms with Gasteiger partial charge in [-0.05, 0) is 24.7 Å². The van der Waals surface area contributed by atoms with E-state index in [1.807, 2.05) is 0 Å². The largest absolute Gasteiger partial charge is 0.394 e. The lowest BCUT2D eigenvalue weighted by Crippen LogP contribution is -2.16. The Morgan fingerprint density at radius 2 is 2.09 bits per heavy atom. The molecule has 2 aliphatic rings. The fraction of sp³-hybridized carbons (Fsp3) is 1.00. The molecule has 64 valence electrons. The summed E-state index contributed by atoms with van der Waals surface area (Å²) in [5.74, 6) is 0. The van der Waals surface area contributed by atoms with E-state index in [1.54, 1.807) is 0 Å². The summed E-state index contributed by atoms with van der Waals surface area (Å²) < 4.78 is 5.49. The average Bonchev–Trinajstić information content (AvgIpc) is 2.62. The fourth-order valence-corrected chi connectivity index (χ4v) is 2.49. The number of rotatable bonds is 1. The highest BCUT2D eigenvalue weighted by molar-refractivity contribution is 4.91. The topological polar surface area (TPSA) is 29.5 Å². The van der Waals surface area contributed by atoms with Crippen molar-refractivity contribution in [3.05, 3.63) is 0 Å². The third kappa shape index (κ3) is 1.30. The Balaban J connectivity index is 1.96. The summed E-state index contributed by atoms with van der Waals surface area (Å²) in [4.78, 5) is 0. The highest BCUT2D eigenvalue weighted by Gasteiger charge is 2.41. The Hall–Kier alpha value is -0.0800. The van der Waals surface area contributed by atoms with E-state index in [2.05, 4.69) is 0 Å². The summed E-state index contributed by atoms with van der Waals surface area (Å²) in [5, 5.41) is 8.88. The smallest absolute Gasteiger partial charge is 0.0812 e. The molecule has 1 atom stereocenters. The summed E-state index contributed by atoms with van der Waals surface area (Å²) in [6.45, 7) is 1.11. The van der Waals surface area contributed by atoms with Gasteiger partial charge in [-0.15, -0.1) is 0 Å². The van der Waals surface area contributed by atoms with Gasteiger partial charge in [-0.1, -0.05) is 12.8 Å².